The molecule has 184 valence electrons. The van der Waals surface area contributed by atoms with Crippen LogP contribution >= 0.6 is 0 Å². The number of carbonyl (C=O) groups excluding carboxylic acids is 1. The van der Waals surface area contributed by atoms with E-state index in [2.05, 4.69) is 56.9 Å². The minimum Gasteiger partial charge on any atom is -0.489 e. The Hall–Kier alpha value is -4.04. The molecule has 2 atom stereocenters. The standard InChI is InChI=1S/C28H30N6O2/c1-21-10-12-22(13-11-21)16-29-28(35)27-15-25(34-20-30-31-32-34)18-33(27)17-24-8-5-9-26(14-24)36-19-23-6-3-2-4-7-23/h2-14,20,25,27H,15-19H2,1H3,(H,29,35)/t25-,27+/m1/s1. The lowest BCUT2D eigenvalue weighted by atomic mass is 10.1. The van der Waals surface area contributed by atoms with Crippen molar-refractivity contribution in [1.82, 2.24) is 30.4 Å². The van der Waals surface area contributed by atoms with Gasteiger partial charge in [0.1, 0.15) is 18.7 Å². The highest BCUT2D eigenvalue weighted by Gasteiger charge is 2.38. The van der Waals surface area contributed by atoms with Gasteiger partial charge in [0.25, 0.3) is 0 Å². The van der Waals surface area contributed by atoms with Gasteiger partial charge in [-0.25, -0.2) is 4.68 Å². The van der Waals surface area contributed by atoms with Crippen LogP contribution < -0.4 is 10.1 Å². The van der Waals surface area contributed by atoms with E-state index in [0.717, 1.165) is 22.4 Å². The number of hydrogen-bond acceptors (Lipinski definition) is 6. The SMILES string of the molecule is Cc1ccc(CNC(=O)[C@@H]2C[C@@H](n3cnnn3)CN2Cc2cccc(OCc3ccccc3)c2)cc1. The fourth-order valence-electron chi connectivity index (χ4n) is 4.58. The first-order chi connectivity index (χ1) is 17.6. The maximum absolute atomic E-state index is 13.3. The summed E-state index contributed by atoms with van der Waals surface area (Å²) in [6.07, 6.45) is 2.27. The summed E-state index contributed by atoms with van der Waals surface area (Å²) in [6, 6.07) is 26.2. The third-order valence-corrected chi connectivity index (χ3v) is 6.54. The first-order valence-electron chi connectivity index (χ1n) is 12.2. The fourth-order valence-corrected chi connectivity index (χ4v) is 4.58. The summed E-state index contributed by atoms with van der Waals surface area (Å²) >= 11 is 0. The van der Waals surface area contributed by atoms with Gasteiger partial charge in [0.15, 0.2) is 0 Å². The lowest BCUT2D eigenvalue weighted by Crippen LogP contribution is -2.42. The topological polar surface area (TPSA) is 85.2 Å². The van der Waals surface area contributed by atoms with Gasteiger partial charge in [-0.15, -0.1) is 5.10 Å². The lowest BCUT2D eigenvalue weighted by molar-refractivity contribution is -0.125. The van der Waals surface area contributed by atoms with Crippen molar-refractivity contribution < 1.29 is 9.53 Å². The van der Waals surface area contributed by atoms with Crippen LogP contribution in [0.15, 0.2) is 85.2 Å². The Balaban J connectivity index is 1.26. The molecule has 0 spiro atoms. The number of ether oxygens (including phenoxy) is 1. The molecule has 1 saturated heterocycles. The number of aromatic nitrogens is 4. The van der Waals surface area contributed by atoms with Gasteiger partial charge >= 0.3 is 0 Å². The first-order valence-corrected chi connectivity index (χ1v) is 12.2. The normalized spacial score (nSPS) is 17.7. The van der Waals surface area contributed by atoms with Crippen LogP contribution in [0.5, 0.6) is 5.75 Å². The smallest absolute Gasteiger partial charge is 0.237 e. The number of aryl methyl sites for hydroxylation is 1. The Morgan fingerprint density at radius 2 is 1.81 bits per heavy atom. The molecule has 4 aromatic rings. The maximum Gasteiger partial charge on any atom is 0.237 e. The molecule has 36 heavy (non-hydrogen) atoms. The molecule has 5 rings (SSSR count). The van der Waals surface area contributed by atoms with Crippen LogP contribution in [-0.4, -0.2) is 43.6 Å². The Bertz CT molecular complexity index is 1260. The van der Waals surface area contributed by atoms with E-state index in [1.54, 1.807) is 11.0 Å². The van der Waals surface area contributed by atoms with Gasteiger partial charge in [0.05, 0.1) is 12.1 Å². The van der Waals surface area contributed by atoms with Crippen LogP contribution in [0.2, 0.25) is 0 Å². The highest BCUT2D eigenvalue weighted by Crippen LogP contribution is 2.29. The molecule has 3 aromatic carbocycles. The van der Waals surface area contributed by atoms with Crippen molar-refractivity contribution in [2.75, 3.05) is 6.54 Å². The molecule has 1 aliphatic rings. The molecule has 0 radical (unpaired) electrons. The highest BCUT2D eigenvalue weighted by molar-refractivity contribution is 5.82. The third-order valence-electron chi connectivity index (χ3n) is 6.54. The molecule has 8 heteroatoms. The summed E-state index contributed by atoms with van der Waals surface area (Å²) in [6.45, 7) is 4.38. The molecular formula is C28H30N6O2. The number of rotatable bonds is 9. The summed E-state index contributed by atoms with van der Waals surface area (Å²) in [5.41, 5.74) is 4.50. The third kappa shape index (κ3) is 5.95. The van der Waals surface area contributed by atoms with Crippen molar-refractivity contribution in [2.45, 2.75) is 45.1 Å². The van der Waals surface area contributed by atoms with Gasteiger partial charge in [-0.05, 0) is 52.6 Å². The molecule has 1 aromatic heterocycles. The minimum absolute atomic E-state index is 0.0163. The largest absolute Gasteiger partial charge is 0.489 e. The van der Waals surface area contributed by atoms with E-state index in [-0.39, 0.29) is 18.0 Å². The van der Waals surface area contributed by atoms with E-state index in [0.29, 0.717) is 32.7 Å². The van der Waals surface area contributed by atoms with Crippen molar-refractivity contribution >= 4 is 5.91 Å². The van der Waals surface area contributed by atoms with Gasteiger partial charge in [-0.3, -0.25) is 9.69 Å². The minimum atomic E-state index is -0.279. The van der Waals surface area contributed by atoms with Crippen LogP contribution in [-0.2, 0) is 24.5 Å². The Labute approximate surface area is 210 Å². The number of nitrogens with one attached hydrogen (secondary N) is 1. The molecule has 1 fully saturated rings. The second kappa shape index (κ2) is 11.1. The summed E-state index contributed by atoms with van der Waals surface area (Å²) < 4.78 is 7.77. The second-order valence-corrected chi connectivity index (χ2v) is 9.25. The predicted octanol–water partition coefficient (Wildman–Crippen LogP) is 3.69. The van der Waals surface area contributed by atoms with Gasteiger partial charge in [0.2, 0.25) is 5.91 Å². The van der Waals surface area contributed by atoms with Crippen LogP contribution in [0.25, 0.3) is 0 Å². The predicted molar refractivity (Wildman–Crippen MR) is 136 cm³/mol. The molecule has 0 unspecified atom stereocenters. The Kier molecular flexibility index (Phi) is 7.33. The fraction of sp³-hybridized carbons (Fsp3) is 0.286. The zero-order valence-corrected chi connectivity index (χ0v) is 20.3. The number of hydrogen-bond donors (Lipinski definition) is 1. The lowest BCUT2D eigenvalue weighted by Gasteiger charge is -2.24. The highest BCUT2D eigenvalue weighted by atomic mass is 16.5. The number of amides is 1. The molecule has 0 saturated carbocycles. The van der Waals surface area contributed by atoms with Crippen molar-refractivity contribution in [2.24, 2.45) is 0 Å². The summed E-state index contributed by atoms with van der Waals surface area (Å²) in [5, 5.41) is 14.8. The van der Waals surface area contributed by atoms with E-state index < -0.39 is 0 Å². The molecule has 1 N–H and O–H groups in total. The molecule has 8 nitrogen and oxygen atoms in total. The first kappa shape index (κ1) is 23.7. The molecule has 0 bridgehead atoms. The number of nitrogens with zero attached hydrogens (tertiary/aromatic N) is 5. The summed E-state index contributed by atoms with van der Waals surface area (Å²) in [5.74, 6) is 0.829. The second-order valence-electron chi connectivity index (χ2n) is 9.25. The van der Waals surface area contributed by atoms with Crippen molar-refractivity contribution in [3.8, 4) is 5.75 Å². The van der Waals surface area contributed by atoms with Crippen molar-refractivity contribution in [3.05, 3.63) is 107 Å². The number of likely N-dealkylation sites (tertiary alicyclic amines) is 1. The van der Waals surface area contributed by atoms with Gasteiger partial charge < -0.3 is 10.1 Å². The number of carbonyl (C=O) groups is 1. The maximum atomic E-state index is 13.3. The van der Waals surface area contributed by atoms with Crippen LogP contribution in [0.3, 0.4) is 0 Å². The van der Waals surface area contributed by atoms with E-state index in [1.807, 2.05) is 54.6 Å². The molecule has 0 aliphatic carbocycles. The van der Waals surface area contributed by atoms with E-state index in [4.69, 9.17) is 4.74 Å². The molecule has 1 aliphatic heterocycles. The average molecular weight is 483 g/mol. The van der Waals surface area contributed by atoms with Crippen LogP contribution in [0.1, 0.15) is 34.7 Å². The van der Waals surface area contributed by atoms with E-state index in [9.17, 15) is 4.79 Å². The van der Waals surface area contributed by atoms with E-state index in [1.165, 1.54) is 5.56 Å². The number of benzene rings is 3. The molecule has 1 amide bonds. The van der Waals surface area contributed by atoms with Crippen LogP contribution in [0, 0.1) is 6.92 Å². The molecule has 2 heterocycles. The van der Waals surface area contributed by atoms with Gasteiger partial charge in [0, 0.05) is 19.6 Å². The number of tetrazole rings is 1. The van der Waals surface area contributed by atoms with Crippen molar-refractivity contribution in [1.29, 1.82) is 0 Å². The van der Waals surface area contributed by atoms with Gasteiger partial charge in [-0.2, -0.15) is 0 Å². The van der Waals surface area contributed by atoms with Crippen molar-refractivity contribution in [3.63, 3.8) is 0 Å². The van der Waals surface area contributed by atoms with Gasteiger partial charge in [-0.1, -0.05) is 72.3 Å². The van der Waals surface area contributed by atoms with Crippen LogP contribution in [0.4, 0.5) is 0 Å². The average Bonchev–Trinajstić information content (AvgIpc) is 3.58. The zero-order valence-electron chi connectivity index (χ0n) is 20.3. The monoisotopic (exact) mass is 482 g/mol. The summed E-state index contributed by atoms with van der Waals surface area (Å²) in [4.78, 5) is 15.5. The quantitative estimate of drug-likeness (QED) is 0.392. The molecular weight excluding hydrogens is 452 g/mol. The van der Waals surface area contributed by atoms with E-state index >= 15 is 0 Å². The Morgan fingerprint density at radius 3 is 2.58 bits per heavy atom. The Morgan fingerprint density at radius 1 is 1.00 bits per heavy atom. The summed E-state index contributed by atoms with van der Waals surface area (Å²) in [7, 11) is 0. The zero-order chi connectivity index (χ0) is 24.7.